The topological polar surface area (TPSA) is 55.4 Å². The highest BCUT2D eigenvalue weighted by molar-refractivity contribution is 9.10. The minimum atomic E-state index is -0.985. The Hall–Kier alpha value is -2.21. The van der Waals surface area contributed by atoms with E-state index in [-0.39, 0.29) is 5.56 Å². The minimum absolute atomic E-state index is 0.0349. The quantitative estimate of drug-likeness (QED) is 0.809. The van der Waals surface area contributed by atoms with Gasteiger partial charge in [-0.2, -0.15) is 0 Å². The molecule has 0 spiro atoms. The fourth-order valence-electron chi connectivity index (χ4n) is 1.86. The van der Waals surface area contributed by atoms with E-state index in [0.29, 0.717) is 11.0 Å². The monoisotopic (exact) mass is 379 g/mol. The third-order valence-corrected chi connectivity index (χ3v) is 3.80. The summed E-state index contributed by atoms with van der Waals surface area (Å²) < 4.78 is 18.7. The highest BCUT2D eigenvalue weighted by atomic mass is 79.9. The van der Waals surface area contributed by atoms with Gasteiger partial charge in [-0.15, -0.1) is 0 Å². The molecule has 1 atom stereocenters. The first-order valence-corrected chi connectivity index (χ1v) is 7.74. The van der Waals surface area contributed by atoms with Gasteiger partial charge in [0.2, 0.25) is 0 Å². The van der Waals surface area contributed by atoms with Crippen molar-refractivity contribution in [2.75, 3.05) is 0 Å². The summed E-state index contributed by atoms with van der Waals surface area (Å²) in [6, 6.07) is 13.1. The van der Waals surface area contributed by atoms with Crippen molar-refractivity contribution in [3.05, 3.63) is 69.9 Å². The maximum atomic E-state index is 13.2. The number of nitrogens with one attached hydrogen (secondary N) is 1. The van der Waals surface area contributed by atoms with E-state index >= 15 is 0 Å². The van der Waals surface area contributed by atoms with Crippen LogP contribution >= 0.6 is 15.9 Å². The van der Waals surface area contributed by atoms with Crippen LogP contribution in [0.1, 0.15) is 22.8 Å². The molecule has 0 fully saturated rings. The molecular formula is C17H15BrFNO3. The van der Waals surface area contributed by atoms with Crippen LogP contribution in [0.4, 0.5) is 4.39 Å². The number of rotatable bonds is 5. The molecule has 0 aromatic heterocycles. The lowest BCUT2D eigenvalue weighted by atomic mass is 10.2. The Morgan fingerprint density at radius 1 is 1.22 bits per heavy atom. The second-order valence-electron chi connectivity index (χ2n) is 4.88. The van der Waals surface area contributed by atoms with Crippen LogP contribution in [-0.4, -0.2) is 18.0 Å². The first kappa shape index (κ1) is 17.1. The van der Waals surface area contributed by atoms with Crippen LogP contribution in [0.15, 0.2) is 53.0 Å². The molecular weight excluding hydrogens is 365 g/mol. The van der Waals surface area contributed by atoms with Crippen LogP contribution in [0.5, 0.6) is 0 Å². The lowest BCUT2D eigenvalue weighted by Gasteiger charge is -2.14. The van der Waals surface area contributed by atoms with E-state index in [0.717, 1.165) is 11.6 Å². The number of halogens is 2. The molecule has 23 heavy (non-hydrogen) atoms. The standard InChI is InChI=1S/C17H15BrFNO3/c1-11(16(21)20-10-12-5-3-2-4-6-12)23-17(22)14-9-13(19)7-8-15(14)18/h2-9,11H,10H2,1H3,(H,20,21)/t11-/m1/s1. The van der Waals surface area contributed by atoms with E-state index < -0.39 is 23.8 Å². The Labute approximate surface area is 141 Å². The molecule has 0 aliphatic rings. The molecule has 0 aliphatic heterocycles. The number of carbonyl (C=O) groups excluding carboxylic acids is 2. The van der Waals surface area contributed by atoms with E-state index in [1.165, 1.54) is 19.1 Å². The molecule has 0 unspecified atom stereocenters. The second-order valence-corrected chi connectivity index (χ2v) is 5.73. The van der Waals surface area contributed by atoms with Crippen molar-refractivity contribution < 1.29 is 18.7 Å². The Balaban J connectivity index is 1.92. The average Bonchev–Trinajstić information content (AvgIpc) is 2.55. The molecule has 1 amide bonds. The number of ether oxygens (including phenoxy) is 1. The van der Waals surface area contributed by atoms with Gasteiger partial charge in [-0.1, -0.05) is 30.3 Å². The maximum Gasteiger partial charge on any atom is 0.340 e. The summed E-state index contributed by atoms with van der Waals surface area (Å²) in [6.07, 6.45) is -0.985. The summed E-state index contributed by atoms with van der Waals surface area (Å²) in [5, 5.41) is 2.68. The molecule has 0 aliphatic carbocycles. The zero-order chi connectivity index (χ0) is 16.8. The highest BCUT2D eigenvalue weighted by Crippen LogP contribution is 2.19. The van der Waals surface area contributed by atoms with Crippen molar-refractivity contribution >= 4 is 27.8 Å². The molecule has 0 radical (unpaired) electrons. The molecule has 0 heterocycles. The summed E-state index contributed by atoms with van der Waals surface area (Å²) in [7, 11) is 0. The molecule has 120 valence electrons. The smallest absolute Gasteiger partial charge is 0.340 e. The SMILES string of the molecule is C[C@@H](OC(=O)c1cc(F)ccc1Br)C(=O)NCc1ccccc1. The minimum Gasteiger partial charge on any atom is -0.449 e. The molecule has 0 saturated heterocycles. The molecule has 0 saturated carbocycles. The molecule has 1 N–H and O–H groups in total. The van der Waals surface area contributed by atoms with Gasteiger partial charge in [-0.05, 0) is 46.6 Å². The van der Waals surface area contributed by atoms with Gasteiger partial charge in [-0.25, -0.2) is 9.18 Å². The van der Waals surface area contributed by atoms with Gasteiger partial charge < -0.3 is 10.1 Å². The Bertz CT molecular complexity index is 706. The van der Waals surface area contributed by atoms with Gasteiger partial charge in [0.15, 0.2) is 6.10 Å². The van der Waals surface area contributed by atoms with Crippen LogP contribution in [0, 0.1) is 5.82 Å². The fraction of sp³-hybridized carbons (Fsp3) is 0.176. The summed E-state index contributed by atoms with van der Waals surface area (Å²) in [6.45, 7) is 1.80. The van der Waals surface area contributed by atoms with Crippen molar-refractivity contribution in [2.45, 2.75) is 19.6 Å². The summed E-state index contributed by atoms with van der Waals surface area (Å²) >= 11 is 3.15. The lowest BCUT2D eigenvalue weighted by Crippen LogP contribution is -2.35. The third-order valence-electron chi connectivity index (χ3n) is 3.11. The van der Waals surface area contributed by atoms with Crippen molar-refractivity contribution in [3.8, 4) is 0 Å². The largest absolute Gasteiger partial charge is 0.449 e. The molecule has 4 nitrogen and oxygen atoms in total. The van der Waals surface area contributed by atoms with Crippen LogP contribution in [-0.2, 0) is 16.1 Å². The number of amides is 1. The van der Waals surface area contributed by atoms with Crippen molar-refractivity contribution in [1.29, 1.82) is 0 Å². The average molecular weight is 380 g/mol. The Morgan fingerprint density at radius 3 is 2.61 bits per heavy atom. The summed E-state index contributed by atoms with van der Waals surface area (Å²) in [4.78, 5) is 24.0. The molecule has 2 aromatic rings. The predicted octanol–water partition coefficient (Wildman–Crippen LogP) is 3.45. The summed E-state index contributed by atoms with van der Waals surface area (Å²) in [5.74, 6) is -1.74. The molecule has 0 bridgehead atoms. The van der Waals surface area contributed by atoms with Crippen molar-refractivity contribution in [1.82, 2.24) is 5.32 Å². The first-order valence-electron chi connectivity index (χ1n) is 6.95. The van der Waals surface area contributed by atoms with Crippen LogP contribution in [0.25, 0.3) is 0 Å². The van der Waals surface area contributed by atoms with Gasteiger partial charge >= 0.3 is 5.97 Å². The van der Waals surface area contributed by atoms with Crippen molar-refractivity contribution in [2.24, 2.45) is 0 Å². The molecule has 2 aromatic carbocycles. The van der Waals surface area contributed by atoms with Gasteiger partial charge in [0.1, 0.15) is 5.82 Å². The second kappa shape index (κ2) is 7.87. The Morgan fingerprint density at radius 2 is 1.91 bits per heavy atom. The van der Waals surface area contributed by atoms with E-state index in [9.17, 15) is 14.0 Å². The number of esters is 1. The summed E-state index contributed by atoms with van der Waals surface area (Å²) in [5.41, 5.74) is 0.972. The third kappa shape index (κ3) is 4.89. The first-order chi connectivity index (χ1) is 11.0. The van der Waals surface area contributed by atoms with Crippen molar-refractivity contribution in [3.63, 3.8) is 0 Å². The van der Waals surface area contributed by atoms with E-state index in [4.69, 9.17) is 4.74 Å². The van der Waals surface area contributed by atoms with Gasteiger partial charge in [0.05, 0.1) is 5.56 Å². The number of hydrogen-bond acceptors (Lipinski definition) is 3. The predicted molar refractivity (Wildman–Crippen MR) is 87.3 cm³/mol. The molecule has 2 rings (SSSR count). The van der Waals surface area contributed by atoms with E-state index in [1.807, 2.05) is 30.3 Å². The lowest BCUT2D eigenvalue weighted by molar-refractivity contribution is -0.129. The van der Waals surface area contributed by atoms with Crippen LogP contribution in [0.3, 0.4) is 0 Å². The zero-order valence-electron chi connectivity index (χ0n) is 12.4. The van der Waals surface area contributed by atoms with E-state index in [2.05, 4.69) is 21.2 Å². The maximum absolute atomic E-state index is 13.2. The normalized spacial score (nSPS) is 11.6. The highest BCUT2D eigenvalue weighted by Gasteiger charge is 2.20. The van der Waals surface area contributed by atoms with Gasteiger partial charge in [-0.3, -0.25) is 4.79 Å². The number of carbonyl (C=O) groups is 2. The molecule has 6 heteroatoms. The van der Waals surface area contributed by atoms with Crippen LogP contribution < -0.4 is 5.32 Å². The number of benzene rings is 2. The van der Waals surface area contributed by atoms with E-state index in [1.54, 1.807) is 0 Å². The van der Waals surface area contributed by atoms with Crippen LogP contribution in [0.2, 0.25) is 0 Å². The van der Waals surface area contributed by atoms with Gasteiger partial charge in [0.25, 0.3) is 5.91 Å². The number of hydrogen-bond donors (Lipinski definition) is 1. The van der Waals surface area contributed by atoms with Gasteiger partial charge in [0, 0.05) is 11.0 Å². The fourth-order valence-corrected chi connectivity index (χ4v) is 2.27. The Kier molecular flexibility index (Phi) is 5.87. The zero-order valence-corrected chi connectivity index (χ0v) is 14.0.